The zero-order valence-electron chi connectivity index (χ0n) is 10.6. The molecule has 0 saturated carbocycles. The minimum atomic E-state index is -0.0310. The average Bonchev–Trinajstić information content (AvgIpc) is 2.49. The van der Waals surface area contributed by atoms with E-state index in [1.807, 2.05) is 0 Å². The smallest absolute Gasteiger partial charge is 0.0419 e. The number of hydrogen-bond donors (Lipinski definition) is 0. The third-order valence-electron chi connectivity index (χ3n) is 3.72. The summed E-state index contributed by atoms with van der Waals surface area (Å²) in [4.78, 5) is 0. The van der Waals surface area contributed by atoms with Crippen LogP contribution in [0.2, 0.25) is 0 Å². The van der Waals surface area contributed by atoms with Crippen molar-refractivity contribution >= 4 is 15.9 Å². The van der Waals surface area contributed by atoms with E-state index in [0.717, 1.165) is 10.9 Å². The lowest BCUT2D eigenvalue weighted by molar-refractivity contribution is 0.647. The molecule has 0 aliphatic heterocycles. The molecule has 0 radical (unpaired) electrons. The van der Waals surface area contributed by atoms with Gasteiger partial charge in [-0.15, -0.1) is 0 Å². The topological polar surface area (TPSA) is 0 Å². The molecule has 1 aliphatic rings. The Hall–Kier alpha value is -1.60. The fraction of sp³-hybridized carbons (Fsp3) is 0.111. The first-order chi connectivity index (χ1) is 9.31. The Bertz CT molecular complexity index is 608. The predicted molar refractivity (Wildman–Crippen MR) is 84.3 cm³/mol. The highest BCUT2D eigenvalue weighted by Gasteiger charge is 2.31. The summed E-state index contributed by atoms with van der Waals surface area (Å²) < 4.78 is 1.12. The Morgan fingerprint density at radius 3 is 2.11 bits per heavy atom. The minimum Gasteiger partial charge on any atom is -0.0830 e. The van der Waals surface area contributed by atoms with Crippen LogP contribution in [-0.4, -0.2) is 0 Å². The first-order valence-corrected chi connectivity index (χ1v) is 7.26. The van der Waals surface area contributed by atoms with Crippen LogP contribution in [0.15, 0.2) is 83.4 Å². The van der Waals surface area contributed by atoms with Crippen molar-refractivity contribution in [1.29, 1.82) is 0 Å². The van der Waals surface area contributed by atoms with E-state index in [4.69, 9.17) is 0 Å². The molecular formula is C18H15Br. The third-order valence-corrected chi connectivity index (χ3v) is 4.24. The maximum atomic E-state index is 3.51. The number of halogens is 1. The molecule has 0 spiro atoms. The Labute approximate surface area is 122 Å². The van der Waals surface area contributed by atoms with E-state index in [2.05, 4.69) is 94.8 Å². The van der Waals surface area contributed by atoms with Gasteiger partial charge < -0.3 is 0 Å². The number of rotatable bonds is 2. The zero-order valence-corrected chi connectivity index (χ0v) is 12.2. The van der Waals surface area contributed by atoms with Gasteiger partial charge in [0, 0.05) is 9.89 Å². The average molecular weight is 311 g/mol. The Morgan fingerprint density at radius 1 is 0.789 bits per heavy atom. The lowest BCUT2D eigenvalue weighted by Gasteiger charge is -2.32. The minimum absolute atomic E-state index is 0.0310. The largest absolute Gasteiger partial charge is 0.0830 e. The molecule has 2 aromatic carbocycles. The molecule has 0 fully saturated rings. The van der Waals surface area contributed by atoms with E-state index in [0.29, 0.717) is 0 Å². The van der Waals surface area contributed by atoms with Gasteiger partial charge in [0.25, 0.3) is 0 Å². The van der Waals surface area contributed by atoms with E-state index in [1.165, 1.54) is 11.1 Å². The van der Waals surface area contributed by atoms with Crippen LogP contribution in [0.1, 0.15) is 17.5 Å². The van der Waals surface area contributed by atoms with Crippen molar-refractivity contribution < 1.29 is 0 Å². The fourth-order valence-electron chi connectivity index (χ4n) is 2.70. The summed E-state index contributed by atoms with van der Waals surface area (Å²) in [6, 6.07) is 19.4. The van der Waals surface area contributed by atoms with Gasteiger partial charge in [-0.05, 0) is 29.7 Å². The fourth-order valence-corrected chi connectivity index (χ4v) is 2.96. The molecule has 2 aromatic rings. The molecule has 0 amide bonds. The second-order valence-electron chi connectivity index (χ2n) is 4.84. The molecule has 1 aliphatic carbocycles. The molecule has 0 aromatic heterocycles. The molecule has 1 atom stereocenters. The van der Waals surface area contributed by atoms with Crippen LogP contribution in [0, 0.1) is 0 Å². The Kier molecular flexibility index (Phi) is 3.39. The first-order valence-electron chi connectivity index (χ1n) is 6.47. The van der Waals surface area contributed by atoms with E-state index in [1.54, 1.807) is 0 Å². The Morgan fingerprint density at radius 2 is 1.47 bits per heavy atom. The lowest BCUT2D eigenvalue weighted by atomic mass is 9.70. The highest BCUT2D eigenvalue weighted by atomic mass is 79.9. The van der Waals surface area contributed by atoms with Gasteiger partial charge in [-0.25, -0.2) is 0 Å². The van der Waals surface area contributed by atoms with Crippen molar-refractivity contribution in [3.8, 4) is 0 Å². The molecule has 19 heavy (non-hydrogen) atoms. The summed E-state index contributed by atoms with van der Waals surface area (Å²) >= 11 is 3.51. The van der Waals surface area contributed by atoms with Crippen molar-refractivity contribution in [2.45, 2.75) is 11.8 Å². The van der Waals surface area contributed by atoms with Crippen molar-refractivity contribution in [3.05, 3.63) is 94.5 Å². The quantitative estimate of drug-likeness (QED) is 0.710. The van der Waals surface area contributed by atoms with Gasteiger partial charge in [-0.2, -0.15) is 0 Å². The first kappa shape index (κ1) is 12.4. The van der Waals surface area contributed by atoms with E-state index in [9.17, 15) is 0 Å². The Balaban J connectivity index is 2.15. The highest BCUT2D eigenvalue weighted by molar-refractivity contribution is 9.10. The lowest BCUT2D eigenvalue weighted by Crippen LogP contribution is -2.25. The van der Waals surface area contributed by atoms with Gasteiger partial charge in [0.05, 0.1) is 0 Å². The molecule has 0 heterocycles. The number of benzene rings is 2. The SMILES string of the molecule is Brc1ccc(C2(c3ccccc3)C=CC=CC2)cc1. The van der Waals surface area contributed by atoms with Crippen LogP contribution in [0.3, 0.4) is 0 Å². The van der Waals surface area contributed by atoms with E-state index in [-0.39, 0.29) is 5.41 Å². The van der Waals surface area contributed by atoms with Crippen LogP contribution in [0.5, 0.6) is 0 Å². The monoisotopic (exact) mass is 310 g/mol. The van der Waals surface area contributed by atoms with Gasteiger partial charge in [0.15, 0.2) is 0 Å². The number of hydrogen-bond acceptors (Lipinski definition) is 0. The standard InChI is InChI=1S/C18H15Br/c19-17-11-9-16(10-12-17)18(13-5-2-6-14-18)15-7-3-1-4-8-15/h1-13H,14H2. The van der Waals surface area contributed by atoms with Crippen LogP contribution >= 0.6 is 15.9 Å². The summed E-state index contributed by atoms with van der Waals surface area (Å²) in [6.45, 7) is 0. The predicted octanol–water partition coefficient (Wildman–Crippen LogP) is 5.25. The summed E-state index contributed by atoms with van der Waals surface area (Å²) in [5.41, 5.74) is 2.65. The maximum Gasteiger partial charge on any atom is 0.0419 e. The molecule has 0 N–H and O–H groups in total. The molecule has 0 nitrogen and oxygen atoms in total. The summed E-state index contributed by atoms with van der Waals surface area (Å²) in [5, 5.41) is 0. The van der Waals surface area contributed by atoms with Crippen LogP contribution in [-0.2, 0) is 5.41 Å². The summed E-state index contributed by atoms with van der Waals surface area (Å²) in [6.07, 6.45) is 9.84. The molecule has 3 rings (SSSR count). The summed E-state index contributed by atoms with van der Waals surface area (Å²) in [7, 11) is 0. The third kappa shape index (κ3) is 2.31. The normalized spacial score (nSPS) is 21.5. The van der Waals surface area contributed by atoms with Gasteiger partial charge in [-0.1, -0.05) is 82.7 Å². The van der Waals surface area contributed by atoms with Crippen molar-refractivity contribution in [2.24, 2.45) is 0 Å². The molecule has 1 unspecified atom stereocenters. The molecule has 0 saturated heterocycles. The molecular weight excluding hydrogens is 296 g/mol. The second-order valence-corrected chi connectivity index (χ2v) is 5.75. The van der Waals surface area contributed by atoms with Crippen molar-refractivity contribution in [3.63, 3.8) is 0 Å². The van der Waals surface area contributed by atoms with E-state index >= 15 is 0 Å². The maximum absolute atomic E-state index is 3.51. The van der Waals surface area contributed by atoms with E-state index < -0.39 is 0 Å². The molecule has 1 heteroatoms. The van der Waals surface area contributed by atoms with Gasteiger partial charge in [0.2, 0.25) is 0 Å². The summed E-state index contributed by atoms with van der Waals surface area (Å²) in [5.74, 6) is 0. The molecule has 94 valence electrons. The van der Waals surface area contributed by atoms with Crippen molar-refractivity contribution in [1.82, 2.24) is 0 Å². The highest BCUT2D eigenvalue weighted by Crippen LogP contribution is 2.39. The van der Waals surface area contributed by atoms with Crippen LogP contribution in [0.4, 0.5) is 0 Å². The van der Waals surface area contributed by atoms with Gasteiger partial charge in [-0.3, -0.25) is 0 Å². The van der Waals surface area contributed by atoms with Gasteiger partial charge in [0.1, 0.15) is 0 Å². The van der Waals surface area contributed by atoms with Crippen LogP contribution in [0.25, 0.3) is 0 Å². The molecule has 0 bridgehead atoms. The number of allylic oxidation sites excluding steroid dienone is 4. The van der Waals surface area contributed by atoms with Crippen molar-refractivity contribution in [2.75, 3.05) is 0 Å². The second kappa shape index (κ2) is 5.18. The van der Waals surface area contributed by atoms with Gasteiger partial charge >= 0.3 is 0 Å². The zero-order chi connectivity index (χ0) is 13.1. The van der Waals surface area contributed by atoms with Crippen LogP contribution < -0.4 is 0 Å².